The molecular formula is C36H73. The topological polar surface area (TPSA) is 0 Å². The molecule has 0 fully saturated rings. The number of unbranched alkanes of at least 4 members (excludes halogenated alkanes) is 33. The van der Waals surface area contributed by atoms with E-state index >= 15 is 0 Å². The van der Waals surface area contributed by atoms with Gasteiger partial charge in [0.2, 0.25) is 0 Å². The van der Waals surface area contributed by atoms with Crippen molar-refractivity contribution in [2.24, 2.45) is 0 Å². The highest BCUT2D eigenvalue weighted by Crippen LogP contribution is 2.17. The third-order valence-electron chi connectivity index (χ3n) is 8.35. The third kappa shape index (κ3) is 34.0. The molecule has 36 heavy (non-hydrogen) atoms. The lowest BCUT2D eigenvalue weighted by molar-refractivity contribution is 0.512. The zero-order valence-corrected chi connectivity index (χ0v) is 25.9. The lowest BCUT2D eigenvalue weighted by atomic mass is 10.0. The summed E-state index contributed by atoms with van der Waals surface area (Å²) in [5, 5.41) is 0. The van der Waals surface area contributed by atoms with Crippen molar-refractivity contribution in [1.82, 2.24) is 0 Å². The Kier molecular flexibility index (Phi) is 35.0. The summed E-state index contributed by atoms with van der Waals surface area (Å²) >= 11 is 0. The average Bonchev–Trinajstić information content (AvgIpc) is 2.89. The molecule has 0 aliphatic heterocycles. The fourth-order valence-electron chi connectivity index (χ4n) is 5.72. The molecule has 217 valence electrons. The zero-order valence-electron chi connectivity index (χ0n) is 25.9. The molecule has 0 saturated carbocycles. The minimum atomic E-state index is 1.32. The van der Waals surface area contributed by atoms with Gasteiger partial charge in [0, 0.05) is 0 Å². The lowest BCUT2D eigenvalue weighted by Gasteiger charge is -2.05. The molecule has 0 amide bonds. The Morgan fingerprint density at radius 3 is 0.583 bits per heavy atom. The second kappa shape index (κ2) is 35.0. The lowest BCUT2D eigenvalue weighted by Crippen LogP contribution is -1.85. The molecule has 0 aromatic rings. The van der Waals surface area contributed by atoms with Gasteiger partial charge >= 0.3 is 0 Å². The van der Waals surface area contributed by atoms with Crippen LogP contribution in [0.3, 0.4) is 0 Å². The predicted molar refractivity (Wildman–Crippen MR) is 168 cm³/mol. The summed E-state index contributed by atoms with van der Waals surface area (Å²) in [6.07, 6.45) is 51.0. The molecule has 0 N–H and O–H groups in total. The van der Waals surface area contributed by atoms with Crippen molar-refractivity contribution >= 4 is 0 Å². The fourth-order valence-corrected chi connectivity index (χ4v) is 5.72. The molecule has 0 aliphatic rings. The second-order valence-corrected chi connectivity index (χ2v) is 12.2. The number of hydrogen-bond donors (Lipinski definition) is 0. The fraction of sp³-hybridized carbons (Fsp3) is 0.972. The van der Waals surface area contributed by atoms with Gasteiger partial charge < -0.3 is 0 Å². The van der Waals surface area contributed by atoms with Crippen molar-refractivity contribution in [3.05, 3.63) is 6.42 Å². The summed E-state index contributed by atoms with van der Waals surface area (Å²) in [5.41, 5.74) is 0. The van der Waals surface area contributed by atoms with E-state index in [0.717, 1.165) is 0 Å². The van der Waals surface area contributed by atoms with Crippen LogP contribution < -0.4 is 0 Å². The van der Waals surface area contributed by atoms with Crippen LogP contribution in [-0.2, 0) is 0 Å². The van der Waals surface area contributed by atoms with Gasteiger partial charge in [0.15, 0.2) is 0 Å². The van der Waals surface area contributed by atoms with Gasteiger partial charge in [-0.25, -0.2) is 0 Å². The summed E-state index contributed by atoms with van der Waals surface area (Å²) < 4.78 is 0. The molecular weight excluding hydrogens is 432 g/mol. The molecule has 0 aliphatic carbocycles. The van der Waals surface area contributed by atoms with Crippen LogP contribution in [0.25, 0.3) is 0 Å². The first kappa shape index (κ1) is 36.0. The van der Waals surface area contributed by atoms with Crippen LogP contribution >= 0.6 is 0 Å². The number of rotatable bonds is 33. The molecule has 1 radical (unpaired) electrons. The Labute approximate surface area is 232 Å². The van der Waals surface area contributed by atoms with Crippen LogP contribution in [-0.4, -0.2) is 0 Å². The minimum absolute atomic E-state index is 1.32. The van der Waals surface area contributed by atoms with E-state index in [9.17, 15) is 0 Å². The van der Waals surface area contributed by atoms with Gasteiger partial charge in [0.25, 0.3) is 0 Å². The first-order valence-electron chi connectivity index (χ1n) is 17.7. The van der Waals surface area contributed by atoms with E-state index in [1.165, 1.54) is 212 Å². The van der Waals surface area contributed by atoms with Gasteiger partial charge in [-0.3, -0.25) is 0 Å². The monoisotopic (exact) mass is 506 g/mol. The van der Waals surface area contributed by atoms with E-state index in [1.54, 1.807) is 0 Å². The molecule has 0 spiro atoms. The van der Waals surface area contributed by atoms with E-state index in [4.69, 9.17) is 0 Å². The van der Waals surface area contributed by atoms with Crippen LogP contribution in [0.2, 0.25) is 0 Å². The Bertz CT molecular complexity index is 312. The van der Waals surface area contributed by atoms with Crippen molar-refractivity contribution in [3.8, 4) is 0 Å². The summed E-state index contributed by atoms with van der Waals surface area (Å²) in [7, 11) is 0. The maximum atomic E-state index is 2.31. The molecule has 0 bridgehead atoms. The molecule has 0 saturated heterocycles. The molecule has 0 aromatic carbocycles. The van der Waals surface area contributed by atoms with E-state index in [1.807, 2.05) is 0 Å². The Morgan fingerprint density at radius 2 is 0.417 bits per heavy atom. The van der Waals surface area contributed by atoms with Crippen LogP contribution in [0.1, 0.15) is 226 Å². The van der Waals surface area contributed by atoms with Crippen LogP contribution in [0.4, 0.5) is 0 Å². The maximum Gasteiger partial charge on any atom is -0.0417 e. The smallest absolute Gasteiger partial charge is 0.0417 e. The van der Waals surface area contributed by atoms with Crippen molar-refractivity contribution in [2.45, 2.75) is 226 Å². The SMILES string of the molecule is C[CH]CCCCCCCCCCCCCCCCCCCCCCCCCCCCCCCCCC. The van der Waals surface area contributed by atoms with E-state index < -0.39 is 0 Å². The summed E-state index contributed by atoms with van der Waals surface area (Å²) in [6, 6.07) is 0. The maximum absolute atomic E-state index is 2.31. The van der Waals surface area contributed by atoms with Crippen molar-refractivity contribution in [2.75, 3.05) is 0 Å². The highest BCUT2D eigenvalue weighted by molar-refractivity contribution is 4.56. The molecule has 0 nitrogen and oxygen atoms in total. The highest BCUT2D eigenvalue weighted by Gasteiger charge is 1.97. The predicted octanol–water partition coefficient (Wildman–Crippen LogP) is 14.1. The van der Waals surface area contributed by atoms with E-state index in [-0.39, 0.29) is 0 Å². The van der Waals surface area contributed by atoms with E-state index in [0.29, 0.717) is 0 Å². The van der Waals surface area contributed by atoms with Crippen molar-refractivity contribution < 1.29 is 0 Å². The van der Waals surface area contributed by atoms with Gasteiger partial charge in [-0.1, -0.05) is 226 Å². The van der Waals surface area contributed by atoms with Crippen molar-refractivity contribution in [3.63, 3.8) is 0 Å². The van der Waals surface area contributed by atoms with Gasteiger partial charge in [0.05, 0.1) is 0 Å². The van der Waals surface area contributed by atoms with Crippen LogP contribution in [0.15, 0.2) is 0 Å². The molecule has 0 heteroatoms. The summed E-state index contributed by atoms with van der Waals surface area (Å²) in [6.45, 7) is 4.49. The van der Waals surface area contributed by atoms with E-state index in [2.05, 4.69) is 20.3 Å². The van der Waals surface area contributed by atoms with Crippen LogP contribution in [0.5, 0.6) is 0 Å². The molecule has 0 aromatic heterocycles. The second-order valence-electron chi connectivity index (χ2n) is 12.2. The standard InChI is InChI=1S/C36H73/c1-3-5-7-9-11-13-15-17-19-21-23-25-27-29-31-33-35-36-34-32-30-28-26-24-22-20-18-16-14-12-10-8-6-4-2/h3H,4-36H2,1-2H3. The largest absolute Gasteiger partial charge is 0.0654 e. The Hall–Kier alpha value is 0. The molecule has 0 unspecified atom stereocenters. The molecule has 0 atom stereocenters. The Balaban J connectivity index is 3.00. The summed E-state index contributed by atoms with van der Waals surface area (Å²) in [5.74, 6) is 0. The minimum Gasteiger partial charge on any atom is -0.0654 e. The molecule has 0 heterocycles. The van der Waals surface area contributed by atoms with Crippen molar-refractivity contribution in [1.29, 1.82) is 0 Å². The summed E-state index contributed by atoms with van der Waals surface area (Å²) in [4.78, 5) is 0. The first-order valence-corrected chi connectivity index (χ1v) is 17.7. The normalized spacial score (nSPS) is 11.5. The van der Waals surface area contributed by atoms with Gasteiger partial charge in [-0.15, -0.1) is 0 Å². The van der Waals surface area contributed by atoms with Gasteiger partial charge in [-0.05, 0) is 6.42 Å². The van der Waals surface area contributed by atoms with Gasteiger partial charge in [0.1, 0.15) is 0 Å². The zero-order chi connectivity index (χ0) is 26.0. The first-order chi connectivity index (χ1) is 17.9. The third-order valence-corrected chi connectivity index (χ3v) is 8.35. The average molecular weight is 506 g/mol. The highest BCUT2D eigenvalue weighted by atomic mass is 14.0. The van der Waals surface area contributed by atoms with Crippen LogP contribution in [0, 0.1) is 6.42 Å². The molecule has 0 rings (SSSR count). The quantitative estimate of drug-likeness (QED) is 0.0778. The Morgan fingerprint density at radius 1 is 0.250 bits per heavy atom. The number of hydrogen-bond acceptors (Lipinski definition) is 0. The van der Waals surface area contributed by atoms with Gasteiger partial charge in [-0.2, -0.15) is 0 Å².